The third-order valence-corrected chi connectivity index (χ3v) is 3.12. The van der Waals surface area contributed by atoms with Gasteiger partial charge in [0.25, 0.3) is 0 Å². The fourth-order valence-electron chi connectivity index (χ4n) is 1.15. The number of allylic oxidation sites excluding steroid dienone is 4. The van der Waals surface area contributed by atoms with Crippen LogP contribution < -0.4 is 13.3 Å². The van der Waals surface area contributed by atoms with E-state index in [1.165, 1.54) is 25.7 Å². The predicted molar refractivity (Wildman–Crippen MR) is 68.3 cm³/mol. The van der Waals surface area contributed by atoms with Crippen molar-refractivity contribution in [1.29, 1.82) is 0 Å². The van der Waals surface area contributed by atoms with E-state index in [0.29, 0.717) is 13.3 Å². The van der Waals surface area contributed by atoms with Crippen LogP contribution in [0, 0.1) is 0 Å². The van der Waals surface area contributed by atoms with E-state index in [1.807, 2.05) is 0 Å². The molecule has 75 valence electrons. The molecule has 0 aliphatic heterocycles. The van der Waals surface area contributed by atoms with Gasteiger partial charge in [-0.15, -0.1) is 0 Å². The first-order valence-electron chi connectivity index (χ1n) is 4.23. The molecule has 4 heteroatoms. The zero-order valence-electron chi connectivity index (χ0n) is 7.62. The second-order valence-electron chi connectivity index (χ2n) is 2.77. The zero-order valence-corrected chi connectivity index (χ0v) is 16.5. The Bertz CT molecular complexity index is 187. The molecule has 0 nitrogen and oxygen atoms in total. The number of hydrogen-bond donors (Lipinski definition) is 0. The molecule has 0 unspecified atom stereocenters. The van der Waals surface area contributed by atoms with E-state index in [1.54, 1.807) is 33.6 Å². The Hall–Kier alpha value is 2.55. The molecule has 0 amide bonds. The van der Waals surface area contributed by atoms with Gasteiger partial charge in [0, 0.05) is 0 Å². The maximum absolute atomic E-state index is 2.39. The number of rotatable bonds is 3. The molecule has 1 aliphatic rings. The Morgan fingerprint density at radius 2 is 2.15 bits per heavy atom. The molecule has 0 atom stereocenters. The van der Waals surface area contributed by atoms with Crippen molar-refractivity contribution in [1.82, 2.24) is 0 Å². The van der Waals surface area contributed by atoms with Crippen molar-refractivity contribution in [3.63, 3.8) is 0 Å². The van der Waals surface area contributed by atoms with Crippen molar-refractivity contribution < 1.29 is 38.0 Å². The van der Waals surface area contributed by atoms with Crippen LogP contribution in [0.5, 0.6) is 0 Å². The standard InChI is InChI=1S/C9H13.I3.Zr/c1-2-3-6-9-7-4-5-8-9;1-3-2;/h4,7H,2-3,5-6H2,1H3;;/q;-1;. The Kier molecular flexibility index (Phi) is 13.2. The number of unbranched alkanes of at least 4 members (excludes halogenated alkanes) is 1. The molecule has 1 aliphatic carbocycles. The summed E-state index contributed by atoms with van der Waals surface area (Å²) in [5.41, 5.74) is 1.63. The summed E-state index contributed by atoms with van der Waals surface area (Å²) in [5.74, 6) is 0. The van der Waals surface area contributed by atoms with E-state index in [2.05, 4.69) is 56.3 Å². The molecule has 0 aromatic carbocycles. The van der Waals surface area contributed by atoms with Gasteiger partial charge >= 0.3 is 129 Å². The summed E-state index contributed by atoms with van der Waals surface area (Å²) in [6.07, 6.45) is 9.82. The fraction of sp³-hybridized carbons (Fsp3) is 0.556. The molecule has 0 spiro atoms. The van der Waals surface area contributed by atoms with Crippen LogP contribution in [0.1, 0.15) is 32.6 Å². The van der Waals surface area contributed by atoms with Crippen LogP contribution in [0.3, 0.4) is 0 Å². The van der Waals surface area contributed by atoms with E-state index >= 15 is 0 Å². The van der Waals surface area contributed by atoms with Gasteiger partial charge in [-0.3, -0.25) is 0 Å². The topological polar surface area (TPSA) is 0 Å². The molecule has 0 N–H and O–H groups in total. The molecule has 0 saturated heterocycles. The molecule has 13 heavy (non-hydrogen) atoms. The maximum atomic E-state index is 2.39. The molecular formula is C9H13I3Zr-. The zero-order chi connectivity index (χ0) is 10.1. The van der Waals surface area contributed by atoms with E-state index in [4.69, 9.17) is 0 Å². The van der Waals surface area contributed by atoms with Crippen molar-refractivity contribution in [3.8, 4) is 0 Å². The molecule has 0 heterocycles. The summed E-state index contributed by atoms with van der Waals surface area (Å²) >= 11 is 6.91. The van der Waals surface area contributed by atoms with Crippen LogP contribution in [0.4, 0.5) is 0 Å². The van der Waals surface area contributed by atoms with Gasteiger partial charge in [0.2, 0.25) is 0 Å². The van der Waals surface area contributed by atoms with Gasteiger partial charge in [-0.1, -0.05) is 0 Å². The van der Waals surface area contributed by atoms with Crippen molar-refractivity contribution in [2.24, 2.45) is 0 Å². The van der Waals surface area contributed by atoms with Gasteiger partial charge in [0.1, 0.15) is 0 Å². The van der Waals surface area contributed by atoms with Gasteiger partial charge in [0.05, 0.1) is 0 Å². The van der Waals surface area contributed by atoms with Crippen molar-refractivity contribution >= 4 is 37.2 Å². The Labute approximate surface area is 126 Å². The molecule has 0 saturated carbocycles. The van der Waals surface area contributed by atoms with E-state index < -0.39 is 0 Å². The molecule has 0 aromatic heterocycles. The van der Waals surface area contributed by atoms with Crippen LogP contribution in [0.25, 0.3) is 0 Å². The van der Waals surface area contributed by atoms with E-state index in [-0.39, 0.29) is 0 Å². The van der Waals surface area contributed by atoms with Gasteiger partial charge in [0.15, 0.2) is 0 Å². The minimum atomic E-state index is 0.530. The first-order valence-corrected chi connectivity index (χ1v) is 18.0. The normalized spacial score (nSPS) is 14.6. The van der Waals surface area contributed by atoms with Crippen molar-refractivity contribution in [2.45, 2.75) is 32.6 Å². The molecule has 0 aromatic rings. The first kappa shape index (κ1) is 15.6. The third-order valence-electron chi connectivity index (χ3n) is 1.83. The molecule has 0 radical (unpaired) electrons. The quantitative estimate of drug-likeness (QED) is 0.438. The van der Waals surface area contributed by atoms with Gasteiger partial charge in [-0.05, 0) is 0 Å². The van der Waals surface area contributed by atoms with Crippen LogP contribution in [-0.2, 0) is 24.7 Å². The average Bonchev–Trinajstić information content (AvgIpc) is 2.49. The van der Waals surface area contributed by atoms with Crippen LogP contribution in [0.15, 0.2) is 21.0 Å². The number of hydrogen-bond acceptors (Lipinski definition) is 0. The molecular weight excluding hydrogens is 580 g/mol. The van der Waals surface area contributed by atoms with Crippen molar-refractivity contribution in [2.75, 3.05) is 0 Å². The summed E-state index contributed by atoms with van der Waals surface area (Å²) < 4.78 is 1.67. The van der Waals surface area contributed by atoms with E-state index in [9.17, 15) is 0 Å². The average molecular weight is 593 g/mol. The molecule has 0 fully saturated rings. The number of halogens is 3. The molecule has 0 bridgehead atoms. The molecule has 1 rings (SSSR count). The first-order chi connectivity index (χ1) is 6.26. The summed E-state index contributed by atoms with van der Waals surface area (Å²) in [7, 11) is 0. The fourth-order valence-corrected chi connectivity index (χ4v) is 1.95. The van der Waals surface area contributed by atoms with Gasteiger partial charge < -0.3 is 0 Å². The van der Waals surface area contributed by atoms with Crippen LogP contribution >= 0.6 is 37.2 Å². The summed E-state index contributed by atoms with van der Waals surface area (Å²) in [6.45, 7) is 2.25. The van der Waals surface area contributed by atoms with Crippen LogP contribution in [0.2, 0.25) is 0 Å². The summed E-state index contributed by atoms with van der Waals surface area (Å²) in [5, 5.41) is 0. The second kappa shape index (κ2) is 11.1. The van der Waals surface area contributed by atoms with Gasteiger partial charge in [-0.25, -0.2) is 0 Å². The monoisotopic (exact) mass is 592 g/mol. The Balaban J connectivity index is 0.000000424. The van der Waals surface area contributed by atoms with Gasteiger partial charge in [-0.2, -0.15) is 0 Å². The van der Waals surface area contributed by atoms with Crippen molar-refractivity contribution in [3.05, 3.63) is 21.0 Å². The SMILES string of the molecule is CCCCC1=[C]([Zr])CC=C1.I[I-]I. The van der Waals surface area contributed by atoms with Crippen LogP contribution in [-0.4, -0.2) is 0 Å². The Morgan fingerprint density at radius 1 is 1.54 bits per heavy atom. The second-order valence-corrected chi connectivity index (χ2v) is 20.5. The third kappa shape index (κ3) is 8.37. The summed E-state index contributed by atoms with van der Waals surface area (Å²) in [6, 6.07) is 0. The predicted octanol–water partition coefficient (Wildman–Crippen LogP) is 1.71. The summed E-state index contributed by atoms with van der Waals surface area (Å²) in [4.78, 5) is 0. The van der Waals surface area contributed by atoms with E-state index in [0.717, 1.165) is 0 Å². The minimum absolute atomic E-state index is 0.530. The Morgan fingerprint density at radius 3 is 2.54 bits per heavy atom.